The van der Waals surface area contributed by atoms with Crippen molar-refractivity contribution in [3.63, 3.8) is 0 Å². The van der Waals surface area contributed by atoms with Crippen LogP contribution in [0.25, 0.3) is 22.5 Å². The monoisotopic (exact) mass is 546 g/mol. The van der Waals surface area contributed by atoms with E-state index in [0.29, 0.717) is 25.2 Å². The summed E-state index contributed by atoms with van der Waals surface area (Å²) in [6.07, 6.45) is 0. The zero-order chi connectivity index (χ0) is 27.7. The highest BCUT2D eigenvalue weighted by Gasteiger charge is 2.30. The number of methoxy groups -OCH3 is 1. The highest BCUT2D eigenvalue weighted by Crippen LogP contribution is 2.37. The van der Waals surface area contributed by atoms with Crippen molar-refractivity contribution in [2.45, 2.75) is 0 Å². The number of ether oxygens (including phenoxy) is 1. The van der Waals surface area contributed by atoms with Crippen LogP contribution in [0.4, 0.5) is 8.78 Å². The molecule has 13 heteroatoms. The number of nitrogens with two attached hydrogens (primary N) is 2. The Kier molecular flexibility index (Phi) is 7.65. The van der Waals surface area contributed by atoms with Gasteiger partial charge < -0.3 is 31.0 Å². The zero-order valence-electron chi connectivity index (χ0n) is 20.6. The number of primary amides is 1. The lowest BCUT2D eigenvalue weighted by molar-refractivity contribution is -0.135. The maximum absolute atomic E-state index is 15.0. The van der Waals surface area contributed by atoms with Crippen LogP contribution in [0.3, 0.4) is 0 Å². The van der Waals surface area contributed by atoms with Crippen molar-refractivity contribution >= 4 is 29.3 Å². The minimum atomic E-state index is -1.20. The molecular weight excluding hydrogens is 522 g/mol. The number of carbonyl (C=O) groups is 3. The number of aromatic nitrogens is 2. The summed E-state index contributed by atoms with van der Waals surface area (Å²) in [4.78, 5) is 42.1. The smallest absolute Gasteiger partial charge is 0.284 e. The van der Waals surface area contributed by atoms with Crippen LogP contribution >= 0.6 is 11.6 Å². The minimum Gasteiger partial charge on any atom is -0.494 e. The number of hydrogen-bond donors (Lipinski definition) is 3. The van der Waals surface area contributed by atoms with Crippen LogP contribution in [0.2, 0.25) is 5.02 Å². The van der Waals surface area contributed by atoms with E-state index in [1.807, 2.05) is 0 Å². The third-order valence-corrected chi connectivity index (χ3v) is 6.67. The van der Waals surface area contributed by atoms with Crippen molar-refractivity contribution in [2.75, 3.05) is 33.3 Å². The van der Waals surface area contributed by atoms with Gasteiger partial charge in [0.15, 0.2) is 17.4 Å². The van der Waals surface area contributed by atoms with Crippen LogP contribution < -0.4 is 21.5 Å². The molecule has 2 heterocycles. The van der Waals surface area contributed by atoms with Crippen molar-refractivity contribution in [1.29, 1.82) is 0 Å². The first kappa shape index (κ1) is 27.0. The maximum atomic E-state index is 15.0. The van der Waals surface area contributed by atoms with E-state index < -0.39 is 23.4 Å². The van der Waals surface area contributed by atoms with Gasteiger partial charge in [-0.25, -0.2) is 9.37 Å². The molecule has 0 bridgehead atoms. The zero-order valence-corrected chi connectivity index (χ0v) is 21.3. The van der Waals surface area contributed by atoms with Gasteiger partial charge in [0.2, 0.25) is 11.7 Å². The van der Waals surface area contributed by atoms with Gasteiger partial charge in [0, 0.05) is 43.7 Å². The largest absolute Gasteiger partial charge is 0.494 e. The number of imidazole rings is 1. The third-order valence-electron chi connectivity index (χ3n) is 6.36. The number of benzene rings is 2. The summed E-state index contributed by atoms with van der Waals surface area (Å²) >= 11 is 6.42. The molecule has 0 aliphatic carbocycles. The molecule has 0 spiro atoms. The number of amides is 3. The summed E-state index contributed by atoms with van der Waals surface area (Å²) in [6, 6.07) is 6.98. The van der Waals surface area contributed by atoms with Gasteiger partial charge in [0.1, 0.15) is 0 Å². The lowest BCUT2D eigenvalue weighted by Gasteiger charge is -2.39. The molecular formula is C25H25ClF2N6O4. The molecule has 4 rings (SSSR count). The molecule has 200 valence electrons. The Bertz CT molecular complexity index is 1440. The number of rotatable bonds is 8. The summed E-state index contributed by atoms with van der Waals surface area (Å²) in [5.74, 6) is -4.21. The van der Waals surface area contributed by atoms with Gasteiger partial charge in [0.05, 0.1) is 35.6 Å². The molecule has 38 heavy (non-hydrogen) atoms. The molecule has 0 saturated carbocycles. The van der Waals surface area contributed by atoms with Gasteiger partial charge in [-0.05, 0) is 24.3 Å². The van der Waals surface area contributed by atoms with Crippen molar-refractivity contribution < 1.29 is 27.9 Å². The molecule has 3 amide bonds. The van der Waals surface area contributed by atoms with E-state index in [4.69, 9.17) is 27.8 Å². The number of nitrogens with one attached hydrogen (secondary N) is 1. The van der Waals surface area contributed by atoms with Crippen LogP contribution in [0.5, 0.6) is 5.75 Å². The molecule has 0 atom stereocenters. The first-order valence-electron chi connectivity index (χ1n) is 11.5. The van der Waals surface area contributed by atoms with E-state index >= 15 is 4.39 Å². The molecule has 1 aromatic heterocycles. The highest BCUT2D eigenvalue weighted by molar-refractivity contribution is 6.34. The molecule has 1 aliphatic heterocycles. The normalized spacial score (nSPS) is 13.3. The van der Waals surface area contributed by atoms with E-state index in [2.05, 4.69) is 10.3 Å². The predicted octanol–water partition coefficient (Wildman–Crippen LogP) is 1.94. The van der Waals surface area contributed by atoms with Gasteiger partial charge in [-0.3, -0.25) is 14.4 Å². The minimum absolute atomic E-state index is 0.0556. The Hall–Kier alpha value is -4.03. The van der Waals surface area contributed by atoms with Gasteiger partial charge in [-0.15, -0.1) is 0 Å². The average molecular weight is 547 g/mol. The summed E-state index contributed by atoms with van der Waals surface area (Å²) in [7, 11) is 2.65. The van der Waals surface area contributed by atoms with Gasteiger partial charge >= 0.3 is 0 Å². The molecule has 1 aliphatic rings. The summed E-state index contributed by atoms with van der Waals surface area (Å²) < 4.78 is 35.6. The third kappa shape index (κ3) is 4.92. The number of likely N-dealkylation sites (tertiary alicyclic amines) is 1. The van der Waals surface area contributed by atoms with Crippen molar-refractivity contribution in [2.24, 2.45) is 24.4 Å². The second-order valence-electron chi connectivity index (χ2n) is 8.77. The molecule has 5 N–H and O–H groups in total. The lowest BCUT2D eigenvalue weighted by Crippen LogP contribution is -2.55. The fourth-order valence-corrected chi connectivity index (χ4v) is 4.58. The SMILES string of the molecule is COc1ccc(-c2c(-c3ccc(C(=O)NCC4CN(C(=O)CN)C4)c(Cl)c3)nc(C(N)=O)n2C)c(F)c1F. The van der Waals surface area contributed by atoms with Crippen LogP contribution in [-0.4, -0.2) is 65.5 Å². The van der Waals surface area contributed by atoms with Crippen molar-refractivity contribution in [1.82, 2.24) is 19.8 Å². The molecule has 1 saturated heterocycles. The summed E-state index contributed by atoms with van der Waals surface area (Å²) in [6.45, 7) is 1.31. The second kappa shape index (κ2) is 10.8. The molecule has 10 nitrogen and oxygen atoms in total. The van der Waals surface area contributed by atoms with Gasteiger partial charge in [0.25, 0.3) is 11.8 Å². The lowest BCUT2D eigenvalue weighted by atomic mass is 9.99. The van der Waals surface area contributed by atoms with E-state index in [1.165, 1.54) is 49.1 Å². The Labute approximate surface area is 221 Å². The first-order valence-corrected chi connectivity index (χ1v) is 11.9. The van der Waals surface area contributed by atoms with Crippen LogP contribution in [0.1, 0.15) is 21.0 Å². The number of carbonyl (C=O) groups excluding carboxylic acids is 3. The maximum Gasteiger partial charge on any atom is 0.284 e. The van der Waals surface area contributed by atoms with E-state index in [1.54, 1.807) is 4.90 Å². The van der Waals surface area contributed by atoms with Crippen molar-refractivity contribution in [3.8, 4) is 28.3 Å². The van der Waals surface area contributed by atoms with Gasteiger partial charge in [-0.1, -0.05) is 17.7 Å². The van der Waals surface area contributed by atoms with Crippen LogP contribution in [0, 0.1) is 17.6 Å². The van der Waals surface area contributed by atoms with Gasteiger partial charge in [-0.2, -0.15) is 4.39 Å². The highest BCUT2D eigenvalue weighted by atomic mass is 35.5. The fourth-order valence-electron chi connectivity index (χ4n) is 4.31. The number of nitrogens with zero attached hydrogens (tertiary/aromatic N) is 3. The Morgan fingerprint density at radius 2 is 1.89 bits per heavy atom. The average Bonchev–Trinajstić information content (AvgIpc) is 3.21. The summed E-state index contributed by atoms with van der Waals surface area (Å²) in [5.41, 5.74) is 11.3. The number of halogens is 3. The predicted molar refractivity (Wildman–Crippen MR) is 136 cm³/mol. The standard InChI is InChI=1S/C25H25ClF2N6O4/c1-33-22(15-5-6-17(38-2)20(28)19(15)27)21(32-24(33)23(30)36)13-3-4-14(16(26)7-13)25(37)31-9-12-10-34(11-12)18(35)8-29/h3-7,12H,8-11,29H2,1-2H3,(H2,30,36)(H,31,37). The van der Waals surface area contributed by atoms with Crippen molar-refractivity contribution in [3.05, 3.63) is 58.4 Å². The van der Waals surface area contributed by atoms with Crippen LogP contribution in [0.15, 0.2) is 30.3 Å². The Morgan fingerprint density at radius 1 is 1.18 bits per heavy atom. The Morgan fingerprint density at radius 3 is 2.50 bits per heavy atom. The van der Waals surface area contributed by atoms with E-state index in [9.17, 15) is 18.8 Å². The summed E-state index contributed by atoms with van der Waals surface area (Å²) in [5, 5.41) is 2.87. The molecule has 0 unspecified atom stereocenters. The fraction of sp³-hybridized carbons (Fsp3) is 0.280. The Balaban J connectivity index is 1.62. The molecule has 3 aromatic rings. The molecule has 0 radical (unpaired) electrons. The first-order chi connectivity index (χ1) is 18.1. The van der Waals surface area contributed by atoms with E-state index in [0.717, 1.165) is 0 Å². The topological polar surface area (TPSA) is 146 Å². The molecule has 2 aromatic carbocycles. The molecule has 1 fully saturated rings. The number of hydrogen-bond acceptors (Lipinski definition) is 6. The van der Waals surface area contributed by atoms with Crippen LogP contribution in [-0.2, 0) is 11.8 Å². The second-order valence-corrected chi connectivity index (χ2v) is 9.18. The quantitative estimate of drug-likeness (QED) is 0.393. The van der Waals surface area contributed by atoms with E-state index in [-0.39, 0.29) is 57.5 Å².